The fraction of sp³-hybridized carbons (Fsp3) is 0.385. The molecule has 1 aromatic carbocycles. The van der Waals surface area contributed by atoms with Gasteiger partial charge in [0.2, 0.25) is 0 Å². The molecule has 0 aromatic heterocycles. The molecule has 1 aliphatic carbocycles. The quantitative estimate of drug-likeness (QED) is 0.606. The third-order valence-corrected chi connectivity index (χ3v) is 2.89. The second-order valence-corrected chi connectivity index (χ2v) is 4.08. The second kappa shape index (κ2) is 4.92. The summed E-state index contributed by atoms with van der Waals surface area (Å²) in [6.07, 6.45) is 7.82. The Balaban J connectivity index is 2.10. The van der Waals surface area contributed by atoms with Crippen molar-refractivity contribution in [2.24, 2.45) is 0 Å². The predicted molar refractivity (Wildman–Crippen MR) is 67.8 cm³/mol. The van der Waals surface area contributed by atoms with E-state index in [1.165, 1.54) is 0 Å². The third kappa shape index (κ3) is 2.48. The Morgan fingerprint density at radius 2 is 2.25 bits per heavy atom. The van der Waals surface area contributed by atoms with Gasteiger partial charge >= 0.3 is 0 Å². The molecule has 1 atom stereocenters. The van der Waals surface area contributed by atoms with E-state index in [1.54, 1.807) is 7.11 Å². The number of anilines is 2. The van der Waals surface area contributed by atoms with E-state index in [0.29, 0.717) is 6.04 Å². The topological polar surface area (TPSA) is 47.3 Å². The van der Waals surface area contributed by atoms with Gasteiger partial charge in [0.15, 0.2) is 0 Å². The maximum atomic E-state index is 5.93. The van der Waals surface area contributed by atoms with E-state index >= 15 is 0 Å². The van der Waals surface area contributed by atoms with Crippen LogP contribution in [-0.4, -0.2) is 13.2 Å². The third-order valence-electron chi connectivity index (χ3n) is 2.89. The van der Waals surface area contributed by atoms with E-state index in [1.807, 2.05) is 18.2 Å². The van der Waals surface area contributed by atoms with Crippen molar-refractivity contribution in [2.75, 3.05) is 18.2 Å². The van der Waals surface area contributed by atoms with Crippen LogP contribution in [0, 0.1) is 0 Å². The maximum Gasteiger partial charge on any atom is 0.121 e. The van der Waals surface area contributed by atoms with Crippen LogP contribution in [0.15, 0.2) is 30.4 Å². The first-order valence-corrected chi connectivity index (χ1v) is 5.64. The molecule has 16 heavy (non-hydrogen) atoms. The molecule has 0 radical (unpaired) electrons. The molecule has 0 saturated carbocycles. The molecular weight excluding hydrogens is 200 g/mol. The van der Waals surface area contributed by atoms with Crippen LogP contribution in [0.2, 0.25) is 0 Å². The van der Waals surface area contributed by atoms with Crippen molar-refractivity contribution in [1.82, 2.24) is 0 Å². The minimum atomic E-state index is 0.486. The first kappa shape index (κ1) is 10.9. The van der Waals surface area contributed by atoms with E-state index in [2.05, 4.69) is 17.5 Å². The van der Waals surface area contributed by atoms with Gasteiger partial charge in [0.05, 0.1) is 18.5 Å². The number of hydrogen-bond acceptors (Lipinski definition) is 3. The Labute approximate surface area is 96.3 Å². The largest absolute Gasteiger partial charge is 0.497 e. The van der Waals surface area contributed by atoms with Crippen LogP contribution < -0.4 is 15.8 Å². The normalized spacial score (nSPS) is 19.4. The lowest BCUT2D eigenvalue weighted by atomic mass is 10.0. The minimum Gasteiger partial charge on any atom is -0.497 e. The highest BCUT2D eigenvalue weighted by Crippen LogP contribution is 2.26. The van der Waals surface area contributed by atoms with Crippen molar-refractivity contribution >= 4 is 11.4 Å². The molecule has 0 heterocycles. The van der Waals surface area contributed by atoms with Crippen molar-refractivity contribution in [3.8, 4) is 5.75 Å². The van der Waals surface area contributed by atoms with E-state index in [9.17, 15) is 0 Å². The lowest BCUT2D eigenvalue weighted by Crippen LogP contribution is -2.20. The van der Waals surface area contributed by atoms with E-state index in [4.69, 9.17) is 10.5 Å². The van der Waals surface area contributed by atoms with Crippen LogP contribution in [0.5, 0.6) is 5.75 Å². The number of allylic oxidation sites excluding steroid dienone is 1. The molecule has 0 saturated heterocycles. The molecule has 0 aliphatic heterocycles. The minimum absolute atomic E-state index is 0.486. The summed E-state index contributed by atoms with van der Waals surface area (Å²) in [5.74, 6) is 0.836. The number of nitrogen functional groups attached to an aromatic ring is 1. The Hall–Kier alpha value is -1.64. The van der Waals surface area contributed by atoms with Gasteiger partial charge in [-0.1, -0.05) is 12.2 Å². The monoisotopic (exact) mass is 218 g/mol. The molecule has 0 bridgehead atoms. The van der Waals surface area contributed by atoms with E-state index < -0.39 is 0 Å². The summed E-state index contributed by atoms with van der Waals surface area (Å²) in [7, 11) is 1.67. The molecule has 3 nitrogen and oxygen atoms in total. The van der Waals surface area contributed by atoms with Crippen LogP contribution in [0.1, 0.15) is 19.3 Å². The zero-order chi connectivity index (χ0) is 11.4. The SMILES string of the molecule is COc1ccc(N)c(NC2CC=CCC2)c1. The highest BCUT2D eigenvalue weighted by atomic mass is 16.5. The number of benzene rings is 1. The highest BCUT2D eigenvalue weighted by molar-refractivity contribution is 5.68. The fourth-order valence-corrected chi connectivity index (χ4v) is 1.93. The fourth-order valence-electron chi connectivity index (χ4n) is 1.93. The van der Waals surface area contributed by atoms with Crippen molar-refractivity contribution in [1.29, 1.82) is 0 Å². The molecule has 0 amide bonds. The molecule has 86 valence electrons. The van der Waals surface area contributed by atoms with Crippen LogP contribution in [0.4, 0.5) is 11.4 Å². The summed E-state index contributed by atoms with van der Waals surface area (Å²) < 4.78 is 5.19. The first-order chi connectivity index (χ1) is 7.79. The second-order valence-electron chi connectivity index (χ2n) is 4.08. The Morgan fingerprint density at radius 1 is 1.38 bits per heavy atom. The average Bonchev–Trinajstić information content (AvgIpc) is 2.33. The van der Waals surface area contributed by atoms with Crippen LogP contribution >= 0.6 is 0 Å². The summed E-state index contributed by atoms with van der Waals surface area (Å²) in [4.78, 5) is 0. The Kier molecular flexibility index (Phi) is 3.34. The summed E-state index contributed by atoms with van der Waals surface area (Å²) in [5.41, 5.74) is 7.67. The number of nitrogens with one attached hydrogen (secondary N) is 1. The lowest BCUT2D eigenvalue weighted by molar-refractivity contribution is 0.415. The van der Waals surface area contributed by atoms with Crippen molar-refractivity contribution in [3.63, 3.8) is 0 Å². The summed E-state index contributed by atoms with van der Waals surface area (Å²) in [6.45, 7) is 0. The van der Waals surface area contributed by atoms with Gasteiger partial charge in [-0.2, -0.15) is 0 Å². The van der Waals surface area contributed by atoms with Gasteiger partial charge in [0.1, 0.15) is 5.75 Å². The van der Waals surface area contributed by atoms with E-state index in [0.717, 1.165) is 36.4 Å². The van der Waals surface area contributed by atoms with Gasteiger partial charge in [-0.3, -0.25) is 0 Å². The molecule has 1 aliphatic rings. The molecule has 0 spiro atoms. The van der Waals surface area contributed by atoms with Crippen LogP contribution in [0.25, 0.3) is 0 Å². The summed E-state index contributed by atoms with van der Waals surface area (Å²) in [6, 6.07) is 6.19. The number of nitrogens with two attached hydrogens (primary N) is 1. The molecular formula is C13H18N2O. The van der Waals surface area contributed by atoms with Crippen LogP contribution in [0.3, 0.4) is 0 Å². The van der Waals surface area contributed by atoms with Crippen molar-refractivity contribution in [2.45, 2.75) is 25.3 Å². The molecule has 0 fully saturated rings. The molecule has 1 unspecified atom stereocenters. The summed E-state index contributed by atoms with van der Waals surface area (Å²) >= 11 is 0. The van der Waals surface area contributed by atoms with Gasteiger partial charge in [0, 0.05) is 12.1 Å². The lowest BCUT2D eigenvalue weighted by Gasteiger charge is -2.21. The highest BCUT2D eigenvalue weighted by Gasteiger charge is 2.11. The maximum absolute atomic E-state index is 5.93. The number of hydrogen-bond donors (Lipinski definition) is 2. The first-order valence-electron chi connectivity index (χ1n) is 5.64. The zero-order valence-corrected chi connectivity index (χ0v) is 9.57. The molecule has 2 rings (SSSR count). The average molecular weight is 218 g/mol. The van der Waals surface area contributed by atoms with Gasteiger partial charge in [0.25, 0.3) is 0 Å². The molecule has 1 aromatic rings. The number of ether oxygens (including phenoxy) is 1. The van der Waals surface area contributed by atoms with Crippen molar-refractivity contribution < 1.29 is 4.74 Å². The Morgan fingerprint density at radius 3 is 2.94 bits per heavy atom. The van der Waals surface area contributed by atoms with Gasteiger partial charge in [-0.25, -0.2) is 0 Å². The molecule has 3 heteroatoms. The Bertz CT molecular complexity index is 388. The zero-order valence-electron chi connectivity index (χ0n) is 9.57. The van der Waals surface area contributed by atoms with Crippen LogP contribution in [-0.2, 0) is 0 Å². The predicted octanol–water partition coefficient (Wildman–Crippen LogP) is 2.80. The standard InChI is InChI=1S/C13H18N2O/c1-16-11-7-8-12(14)13(9-11)15-10-5-3-2-4-6-10/h2-3,7-10,15H,4-6,14H2,1H3. The number of methoxy groups -OCH3 is 1. The summed E-state index contributed by atoms with van der Waals surface area (Å²) in [5, 5.41) is 3.47. The van der Waals surface area contributed by atoms with E-state index in [-0.39, 0.29) is 0 Å². The smallest absolute Gasteiger partial charge is 0.121 e. The number of rotatable bonds is 3. The van der Waals surface area contributed by atoms with Gasteiger partial charge in [-0.05, 0) is 31.4 Å². The molecule has 3 N–H and O–H groups in total. The van der Waals surface area contributed by atoms with Gasteiger partial charge < -0.3 is 15.8 Å². The van der Waals surface area contributed by atoms with Crippen molar-refractivity contribution in [3.05, 3.63) is 30.4 Å². The van der Waals surface area contributed by atoms with Gasteiger partial charge in [-0.15, -0.1) is 0 Å².